The number of hydrogen-bond acceptors (Lipinski definition) is 10. The van der Waals surface area contributed by atoms with E-state index in [0.717, 1.165) is 0 Å². The van der Waals surface area contributed by atoms with Crippen LogP contribution in [0.5, 0.6) is 23.0 Å². The van der Waals surface area contributed by atoms with Crippen LogP contribution in [0.2, 0.25) is 0 Å². The fourth-order valence-corrected chi connectivity index (χ4v) is 3.20. The molecular formula is C23H26O10. The Morgan fingerprint density at radius 2 is 1.64 bits per heavy atom. The molecule has 0 unspecified atom stereocenters. The second-order valence-electron chi connectivity index (χ2n) is 7.14. The number of ether oxygens (including phenoxy) is 5. The van der Waals surface area contributed by atoms with Crippen molar-refractivity contribution < 1.29 is 48.9 Å². The molecule has 0 bridgehead atoms. The summed E-state index contributed by atoms with van der Waals surface area (Å²) in [5, 5.41) is 39.5. The van der Waals surface area contributed by atoms with E-state index in [-0.39, 0.29) is 17.2 Å². The molecule has 4 N–H and O–H groups in total. The number of hydrogen-bond donors (Lipinski definition) is 4. The molecule has 10 nitrogen and oxygen atoms in total. The Morgan fingerprint density at radius 3 is 2.21 bits per heavy atom. The number of esters is 1. The molecule has 1 saturated heterocycles. The normalized spacial score (nSPS) is 25.0. The van der Waals surface area contributed by atoms with Crippen LogP contribution < -0.4 is 18.9 Å². The highest BCUT2D eigenvalue weighted by Gasteiger charge is 2.45. The number of benzene rings is 2. The van der Waals surface area contributed by atoms with Gasteiger partial charge in [0.15, 0.2) is 11.5 Å². The van der Waals surface area contributed by atoms with Crippen molar-refractivity contribution in [1.29, 1.82) is 0 Å². The Bertz CT molecular complexity index is 934. The number of para-hydroxylation sites is 1. The number of carbonyl (C=O) groups is 1. The van der Waals surface area contributed by atoms with E-state index in [2.05, 4.69) is 0 Å². The van der Waals surface area contributed by atoms with Gasteiger partial charge in [-0.3, -0.25) is 0 Å². The highest BCUT2D eigenvalue weighted by molar-refractivity contribution is 5.89. The van der Waals surface area contributed by atoms with Gasteiger partial charge in [-0.25, -0.2) is 4.79 Å². The molecule has 5 atom stereocenters. The fraction of sp³-hybridized carbons (Fsp3) is 0.348. The molecule has 2 aromatic rings. The molecule has 0 radical (unpaired) electrons. The van der Waals surface area contributed by atoms with Crippen LogP contribution in [-0.2, 0) is 9.53 Å². The first kappa shape index (κ1) is 24.5. The number of aliphatic hydroxyl groups is 4. The number of rotatable bonds is 8. The van der Waals surface area contributed by atoms with Crippen molar-refractivity contribution >= 4 is 12.0 Å². The van der Waals surface area contributed by atoms with Gasteiger partial charge in [-0.2, -0.15) is 0 Å². The van der Waals surface area contributed by atoms with E-state index in [9.17, 15) is 25.2 Å². The lowest BCUT2D eigenvalue weighted by atomic mass is 9.99. The van der Waals surface area contributed by atoms with Gasteiger partial charge in [0, 0.05) is 6.08 Å². The summed E-state index contributed by atoms with van der Waals surface area (Å²) in [6, 6.07) is 11.7. The Balaban J connectivity index is 1.80. The first-order valence-electron chi connectivity index (χ1n) is 10.1. The fourth-order valence-electron chi connectivity index (χ4n) is 3.20. The molecule has 0 spiro atoms. The van der Waals surface area contributed by atoms with Gasteiger partial charge in [0.05, 0.1) is 20.8 Å². The molecule has 1 aliphatic heterocycles. The average molecular weight is 462 g/mol. The smallest absolute Gasteiger partial charge is 0.336 e. The Morgan fingerprint density at radius 1 is 1.00 bits per heavy atom. The maximum Gasteiger partial charge on any atom is 0.336 e. The van der Waals surface area contributed by atoms with Crippen molar-refractivity contribution in [3.63, 3.8) is 0 Å². The zero-order chi connectivity index (χ0) is 24.0. The predicted octanol–water partition coefficient (Wildman–Crippen LogP) is 0.501. The minimum absolute atomic E-state index is 0.0494. The minimum atomic E-state index is -1.61. The monoisotopic (exact) mass is 462 g/mol. The van der Waals surface area contributed by atoms with Gasteiger partial charge in [-0.1, -0.05) is 18.2 Å². The molecule has 0 saturated carbocycles. The summed E-state index contributed by atoms with van der Waals surface area (Å²) in [6.45, 7) is -0.595. The quantitative estimate of drug-likeness (QED) is 0.249. The van der Waals surface area contributed by atoms with E-state index in [4.69, 9.17) is 23.7 Å². The number of aliphatic hydroxyl groups excluding tert-OH is 4. The van der Waals surface area contributed by atoms with E-state index >= 15 is 0 Å². The Labute approximate surface area is 190 Å². The van der Waals surface area contributed by atoms with Gasteiger partial charge in [-0.05, 0) is 35.9 Å². The summed E-state index contributed by atoms with van der Waals surface area (Å²) in [5.41, 5.74) is 0.523. The maximum absolute atomic E-state index is 12.1. The SMILES string of the molecule is COc1cc(C=CC(=O)Oc2ccccc2)cc(OC)c1O[C@H]1O[C@H](CO)[C@@H](O)[C@H](O)[C@@H]1O. The molecule has 178 valence electrons. The summed E-state index contributed by atoms with van der Waals surface area (Å²) in [6.07, 6.45) is -4.56. The molecule has 0 aromatic heterocycles. The first-order valence-corrected chi connectivity index (χ1v) is 10.1. The van der Waals surface area contributed by atoms with Gasteiger partial charge in [0.1, 0.15) is 30.2 Å². The van der Waals surface area contributed by atoms with Crippen molar-refractivity contribution in [3.05, 3.63) is 54.1 Å². The van der Waals surface area contributed by atoms with Gasteiger partial charge in [-0.15, -0.1) is 0 Å². The van der Waals surface area contributed by atoms with E-state index < -0.39 is 43.3 Å². The van der Waals surface area contributed by atoms with E-state index in [1.807, 2.05) is 0 Å². The second kappa shape index (κ2) is 11.1. The molecule has 1 heterocycles. The summed E-state index contributed by atoms with van der Waals surface area (Å²) in [4.78, 5) is 12.1. The number of methoxy groups -OCH3 is 2. The van der Waals surface area contributed by atoms with Crippen molar-refractivity contribution in [3.8, 4) is 23.0 Å². The first-order chi connectivity index (χ1) is 15.9. The second-order valence-corrected chi connectivity index (χ2v) is 7.14. The summed E-state index contributed by atoms with van der Waals surface area (Å²) < 4.78 is 27.0. The van der Waals surface area contributed by atoms with Crippen molar-refractivity contribution in [2.75, 3.05) is 20.8 Å². The third kappa shape index (κ3) is 5.81. The molecule has 0 amide bonds. The molecule has 1 aliphatic rings. The maximum atomic E-state index is 12.1. The van der Waals surface area contributed by atoms with Crippen LogP contribution in [0.4, 0.5) is 0 Å². The van der Waals surface area contributed by atoms with Gasteiger partial charge >= 0.3 is 5.97 Å². The lowest BCUT2D eigenvalue weighted by Crippen LogP contribution is -2.60. The Kier molecular flexibility index (Phi) is 8.26. The number of carbonyl (C=O) groups excluding carboxylic acids is 1. The van der Waals surface area contributed by atoms with Gasteiger partial charge < -0.3 is 44.1 Å². The molecule has 1 fully saturated rings. The zero-order valence-corrected chi connectivity index (χ0v) is 18.0. The minimum Gasteiger partial charge on any atom is -0.493 e. The van der Waals surface area contributed by atoms with Gasteiger partial charge in [0.25, 0.3) is 0 Å². The van der Waals surface area contributed by atoms with Crippen LogP contribution in [0.3, 0.4) is 0 Å². The molecule has 0 aliphatic carbocycles. The van der Waals surface area contributed by atoms with Crippen LogP contribution in [0.1, 0.15) is 5.56 Å². The third-order valence-electron chi connectivity index (χ3n) is 4.94. The zero-order valence-electron chi connectivity index (χ0n) is 18.0. The summed E-state index contributed by atoms with van der Waals surface area (Å²) in [5.74, 6) is 0.240. The predicted molar refractivity (Wildman–Crippen MR) is 115 cm³/mol. The lowest BCUT2D eigenvalue weighted by molar-refractivity contribution is -0.277. The van der Waals surface area contributed by atoms with Crippen LogP contribution >= 0.6 is 0 Å². The van der Waals surface area contributed by atoms with Crippen molar-refractivity contribution in [2.45, 2.75) is 30.7 Å². The van der Waals surface area contributed by atoms with Gasteiger partial charge in [0.2, 0.25) is 12.0 Å². The van der Waals surface area contributed by atoms with Crippen LogP contribution in [0.25, 0.3) is 6.08 Å². The Hall–Kier alpha value is -3.15. The van der Waals surface area contributed by atoms with E-state index in [1.54, 1.807) is 42.5 Å². The largest absolute Gasteiger partial charge is 0.493 e. The van der Waals surface area contributed by atoms with E-state index in [0.29, 0.717) is 11.3 Å². The topological polar surface area (TPSA) is 144 Å². The van der Waals surface area contributed by atoms with Crippen LogP contribution in [0.15, 0.2) is 48.5 Å². The summed E-state index contributed by atoms with van der Waals surface area (Å²) >= 11 is 0. The third-order valence-corrected chi connectivity index (χ3v) is 4.94. The molecular weight excluding hydrogens is 436 g/mol. The van der Waals surface area contributed by atoms with Crippen LogP contribution in [-0.4, -0.2) is 77.9 Å². The molecule has 3 rings (SSSR count). The molecule has 33 heavy (non-hydrogen) atoms. The highest BCUT2D eigenvalue weighted by atomic mass is 16.7. The molecule has 2 aromatic carbocycles. The summed E-state index contributed by atoms with van der Waals surface area (Å²) in [7, 11) is 2.76. The average Bonchev–Trinajstić information content (AvgIpc) is 2.83. The lowest BCUT2D eigenvalue weighted by Gasteiger charge is -2.39. The molecule has 10 heteroatoms. The van der Waals surface area contributed by atoms with Crippen LogP contribution in [0, 0.1) is 0 Å². The van der Waals surface area contributed by atoms with Crippen molar-refractivity contribution in [1.82, 2.24) is 0 Å². The highest BCUT2D eigenvalue weighted by Crippen LogP contribution is 2.40. The standard InChI is InChI=1S/C23H26O10/c1-29-15-10-13(8-9-18(25)31-14-6-4-3-5-7-14)11-16(30-2)22(15)33-23-21(28)20(27)19(26)17(12-24)32-23/h3-11,17,19-21,23-24,26-28H,12H2,1-2H3/t17-,19-,20+,21+,23-/m1/s1. The van der Waals surface area contributed by atoms with Crippen molar-refractivity contribution in [2.24, 2.45) is 0 Å². The van der Waals surface area contributed by atoms with E-state index in [1.165, 1.54) is 26.4 Å².